The van der Waals surface area contributed by atoms with Gasteiger partial charge in [-0.05, 0) is 0 Å². The molecule has 0 bridgehead atoms. The van der Waals surface area contributed by atoms with Crippen LogP contribution in [0.4, 0.5) is 5.69 Å². The number of carbonyl (C=O) groups excluding carboxylic acids is 1. The number of rotatable bonds is 2. The van der Waals surface area contributed by atoms with Gasteiger partial charge >= 0.3 is 0 Å². The number of hydrogen-bond donors (Lipinski definition) is 5. The van der Waals surface area contributed by atoms with E-state index in [0.29, 0.717) is 11.4 Å². The molecule has 3 rings (SSSR count). The minimum absolute atomic E-state index is 0.0873. The third-order valence-electron chi connectivity index (χ3n) is 4.98. The number of nitrogens with zero attached hydrogens (tertiary/aromatic N) is 2. The molecule has 8 heteroatoms. The van der Waals surface area contributed by atoms with Crippen molar-refractivity contribution in [3.63, 3.8) is 0 Å². The molecule has 1 fully saturated rings. The second-order valence-corrected chi connectivity index (χ2v) is 7.25. The van der Waals surface area contributed by atoms with E-state index in [1.165, 1.54) is 24.3 Å². The highest BCUT2D eigenvalue weighted by Crippen LogP contribution is 2.49. The lowest BCUT2D eigenvalue weighted by molar-refractivity contribution is -0.462. The normalized spacial score (nSPS) is 21.9. The highest BCUT2D eigenvalue weighted by molar-refractivity contribution is 6.13. The quantitative estimate of drug-likeness (QED) is 0.380. The van der Waals surface area contributed by atoms with Crippen LogP contribution in [0.25, 0.3) is 0 Å². The lowest BCUT2D eigenvalue weighted by atomic mass is 9.68. The van der Waals surface area contributed by atoms with Crippen molar-refractivity contribution in [2.45, 2.75) is 12.0 Å². The van der Waals surface area contributed by atoms with Crippen LogP contribution in [-0.2, 0) is 4.79 Å². The number of anilines is 1. The van der Waals surface area contributed by atoms with Crippen molar-refractivity contribution < 1.29 is 34.9 Å². The zero-order chi connectivity index (χ0) is 20.9. The number of carbonyl (C=O) groups is 1. The monoisotopic (exact) mass is 387 g/mol. The Labute approximate surface area is 161 Å². The molecule has 148 valence electrons. The number of Topliss-reactive ketones (excluding diaryl/α,β-unsaturated/α-hetero) is 1. The Kier molecular flexibility index (Phi) is 4.68. The van der Waals surface area contributed by atoms with Gasteiger partial charge in [0, 0.05) is 43.1 Å². The van der Waals surface area contributed by atoms with Gasteiger partial charge in [-0.25, -0.2) is 4.58 Å². The number of aliphatic hydroxyl groups excluding tert-OH is 3. The van der Waals surface area contributed by atoms with Gasteiger partial charge in [0.2, 0.25) is 5.71 Å². The van der Waals surface area contributed by atoms with E-state index in [1.807, 2.05) is 0 Å². The van der Waals surface area contributed by atoms with Crippen molar-refractivity contribution >= 4 is 17.2 Å². The Morgan fingerprint density at radius 2 is 1.46 bits per heavy atom. The lowest BCUT2D eigenvalue weighted by Crippen LogP contribution is -2.44. The molecule has 0 saturated heterocycles. The zero-order valence-corrected chi connectivity index (χ0v) is 16.0. The van der Waals surface area contributed by atoms with Gasteiger partial charge in [-0.3, -0.25) is 4.79 Å². The molecule has 2 aliphatic carbocycles. The third-order valence-corrected chi connectivity index (χ3v) is 4.98. The van der Waals surface area contributed by atoms with E-state index in [4.69, 9.17) is 0 Å². The maximum atomic E-state index is 12.8. The van der Waals surface area contributed by atoms with Crippen molar-refractivity contribution in [2.24, 2.45) is 0 Å². The number of phenolic OH excluding ortho intramolecular Hbond substituents is 2. The fourth-order valence-corrected chi connectivity index (χ4v) is 3.40. The van der Waals surface area contributed by atoms with Crippen LogP contribution in [0.1, 0.15) is 11.5 Å². The molecule has 2 atom stereocenters. The first-order valence-corrected chi connectivity index (χ1v) is 8.60. The summed E-state index contributed by atoms with van der Waals surface area (Å²) in [7, 11) is 6.91. The van der Waals surface area contributed by atoms with Gasteiger partial charge in [-0.2, -0.15) is 0 Å². The second kappa shape index (κ2) is 6.72. The molecule has 0 heterocycles. The average Bonchev–Trinajstić information content (AvgIpc) is 2.60. The van der Waals surface area contributed by atoms with Crippen molar-refractivity contribution in [3.05, 3.63) is 52.5 Å². The van der Waals surface area contributed by atoms with Crippen LogP contribution in [0.15, 0.2) is 46.9 Å². The van der Waals surface area contributed by atoms with E-state index in [0.717, 1.165) is 0 Å². The fourth-order valence-electron chi connectivity index (χ4n) is 3.40. The standard InChI is InChI=1S/C20H22N2O6/c1-21(2)9-5-11(23)15(12(24)6-9)17-19(27)18(20(17)28)16-13(25)7-10(22(3)4)8-14(16)26/h5-8,17,19,27H,1-4H3,(H3,23,24,25,26)/p+1. The minimum atomic E-state index is -1.41. The molecule has 2 unspecified atom stereocenters. The van der Waals surface area contributed by atoms with Gasteiger partial charge in [-0.1, -0.05) is 0 Å². The first-order chi connectivity index (χ1) is 13.0. The molecule has 2 aliphatic rings. The third kappa shape index (κ3) is 2.91. The molecule has 28 heavy (non-hydrogen) atoms. The molecular weight excluding hydrogens is 364 g/mol. The van der Waals surface area contributed by atoms with E-state index in [1.54, 1.807) is 37.7 Å². The summed E-state index contributed by atoms with van der Waals surface area (Å²) in [6.45, 7) is 0. The van der Waals surface area contributed by atoms with E-state index >= 15 is 0 Å². The first kappa shape index (κ1) is 19.5. The van der Waals surface area contributed by atoms with Gasteiger partial charge in [0.15, 0.2) is 5.78 Å². The summed E-state index contributed by atoms with van der Waals surface area (Å²) in [4.78, 5) is 14.4. The predicted molar refractivity (Wildman–Crippen MR) is 103 cm³/mol. The second-order valence-electron chi connectivity index (χ2n) is 7.25. The predicted octanol–water partition coefficient (Wildman–Crippen LogP) is 1.10. The Balaban J connectivity index is 2.04. The topological polar surface area (TPSA) is 124 Å². The van der Waals surface area contributed by atoms with E-state index in [9.17, 15) is 30.3 Å². The molecule has 1 saturated carbocycles. The van der Waals surface area contributed by atoms with Crippen LogP contribution in [0.2, 0.25) is 0 Å². The summed E-state index contributed by atoms with van der Waals surface area (Å²) in [6, 6.07) is 2.77. The summed E-state index contributed by atoms with van der Waals surface area (Å²) < 4.78 is 1.66. The van der Waals surface area contributed by atoms with E-state index < -0.39 is 17.8 Å². The largest absolute Gasteiger partial charge is 0.507 e. The minimum Gasteiger partial charge on any atom is -0.507 e. The Hall–Kier alpha value is -3.26. The summed E-state index contributed by atoms with van der Waals surface area (Å²) in [5.74, 6) is -3.13. The molecule has 0 spiro atoms. The highest BCUT2D eigenvalue weighted by atomic mass is 16.3. The van der Waals surface area contributed by atoms with Crippen LogP contribution < -0.4 is 4.90 Å². The van der Waals surface area contributed by atoms with Crippen LogP contribution in [0.3, 0.4) is 0 Å². The first-order valence-electron chi connectivity index (χ1n) is 8.60. The van der Waals surface area contributed by atoms with Gasteiger partial charge in [0.25, 0.3) is 0 Å². The SMILES string of the molecule is CN(C)c1cc(O)c(C2C(=O)C(=C3C(O)=CC(=[N+](C)C)C=C3O)C2O)c(O)c1. The molecule has 0 radical (unpaired) electrons. The summed E-state index contributed by atoms with van der Waals surface area (Å²) in [5.41, 5.74) is 0.644. The van der Waals surface area contributed by atoms with Crippen LogP contribution >= 0.6 is 0 Å². The molecule has 8 nitrogen and oxygen atoms in total. The summed E-state index contributed by atoms with van der Waals surface area (Å²) in [6.07, 6.45) is 1.34. The number of ketones is 1. The summed E-state index contributed by atoms with van der Waals surface area (Å²) >= 11 is 0. The van der Waals surface area contributed by atoms with Crippen molar-refractivity contribution in [2.75, 3.05) is 33.1 Å². The van der Waals surface area contributed by atoms with Crippen LogP contribution in [-0.4, -0.2) is 75.9 Å². The van der Waals surface area contributed by atoms with Gasteiger partial charge in [0.1, 0.15) is 37.1 Å². The van der Waals surface area contributed by atoms with Gasteiger partial charge in [-0.15, -0.1) is 0 Å². The Bertz CT molecular complexity index is 949. The van der Waals surface area contributed by atoms with Gasteiger partial charge < -0.3 is 30.4 Å². The molecule has 1 aromatic rings. The van der Waals surface area contributed by atoms with Crippen LogP contribution in [0, 0.1) is 0 Å². The van der Waals surface area contributed by atoms with E-state index in [-0.39, 0.29) is 39.7 Å². The van der Waals surface area contributed by atoms with Crippen molar-refractivity contribution in [1.82, 2.24) is 0 Å². The number of hydrogen-bond acceptors (Lipinski definition) is 7. The summed E-state index contributed by atoms with van der Waals surface area (Å²) in [5, 5.41) is 51.7. The maximum Gasteiger partial charge on any atom is 0.206 e. The van der Waals surface area contributed by atoms with E-state index in [2.05, 4.69) is 0 Å². The molecule has 0 aliphatic heterocycles. The highest BCUT2D eigenvalue weighted by Gasteiger charge is 2.50. The van der Waals surface area contributed by atoms with Crippen molar-refractivity contribution in [1.29, 1.82) is 0 Å². The number of allylic oxidation sites excluding steroid dienone is 2. The van der Waals surface area contributed by atoms with Crippen LogP contribution in [0.5, 0.6) is 11.5 Å². The number of aliphatic hydroxyl groups is 3. The smallest absolute Gasteiger partial charge is 0.206 e. The molecule has 0 aromatic heterocycles. The lowest BCUT2D eigenvalue weighted by Gasteiger charge is -2.37. The number of phenols is 2. The molecule has 1 aromatic carbocycles. The maximum absolute atomic E-state index is 12.8. The average molecular weight is 387 g/mol. The molecule has 5 N–H and O–H groups in total. The van der Waals surface area contributed by atoms with Crippen molar-refractivity contribution in [3.8, 4) is 11.5 Å². The number of aromatic hydroxyl groups is 2. The van der Waals surface area contributed by atoms with Gasteiger partial charge in [0.05, 0.1) is 29.7 Å². The Morgan fingerprint density at radius 1 is 0.964 bits per heavy atom. The Morgan fingerprint density at radius 3 is 1.86 bits per heavy atom. The molecular formula is C20H23N2O6+. The zero-order valence-electron chi connectivity index (χ0n) is 16.0. The fraction of sp³-hybridized carbons (Fsp3) is 0.300. The molecule has 0 amide bonds. The number of benzene rings is 1.